The maximum absolute atomic E-state index is 13.2. The van der Waals surface area contributed by atoms with Gasteiger partial charge in [0.1, 0.15) is 6.04 Å². The molecule has 0 saturated carbocycles. The summed E-state index contributed by atoms with van der Waals surface area (Å²) in [5.74, 6) is -0.752. The highest BCUT2D eigenvalue weighted by atomic mass is 32.2. The molecule has 0 spiro atoms. The molecule has 2 amide bonds. The number of nitrogens with one attached hydrogen (secondary N) is 1. The van der Waals surface area contributed by atoms with Crippen molar-refractivity contribution in [2.75, 3.05) is 44.9 Å². The lowest BCUT2D eigenvalue weighted by Crippen LogP contribution is -2.41. The molecule has 0 bridgehead atoms. The highest BCUT2D eigenvalue weighted by Crippen LogP contribution is 2.25. The number of nitrogens with zero attached hydrogens (tertiary/aromatic N) is 2. The van der Waals surface area contributed by atoms with E-state index in [0.29, 0.717) is 43.1 Å². The summed E-state index contributed by atoms with van der Waals surface area (Å²) in [5.41, 5.74) is 1.21. The van der Waals surface area contributed by atoms with E-state index in [0.717, 1.165) is 10.6 Å². The van der Waals surface area contributed by atoms with Crippen molar-refractivity contribution in [3.8, 4) is 0 Å². The van der Waals surface area contributed by atoms with Gasteiger partial charge < -0.3 is 15.0 Å². The second kappa shape index (κ2) is 9.38. The van der Waals surface area contributed by atoms with E-state index in [-0.39, 0.29) is 5.91 Å². The standard InChI is InChI=1S/C21H25N3O5S/c1-23(30(2,27)28)19(16-8-4-3-5-9-16)20(25)22-18-11-7-6-10-17(18)21(26)24-12-14-29-15-13-24/h3-11,19H,12-15H2,1-2H3,(H,22,25). The number of anilines is 1. The van der Waals surface area contributed by atoms with Gasteiger partial charge in [-0.15, -0.1) is 0 Å². The summed E-state index contributed by atoms with van der Waals surface area (Å²) in [4.78, 5) is 27.8. The van der Waals surface area contributed by atoms with E-state index in [9.17, 15) is 18.0 Å². The number of carbonyl (C=O) groups excluding carboxylic acids is 2. The SMILES string of the molecule is CN(C(C(=O)Nc1ccccc1C(=O)N1CCOCC1)c1ccccc1)S(C)(=O)=O. The van der Waals surface area contributed by atoms with Crippen LogP contribution >= 0.6 is 0 Å². The Morgan fingerprint density at radius 2 is 1.63 bits per heavy atom. The molecule has 0 radical (unpaired) electrons. The van der Waals surface area contributed by atoms with E-state index in [4.69, 9.17) is 4.74 Å². The van der Waals surface area contributed by atoms with Crippen LogP contribution in [0.1, 0.15) is 22.0 Å². The summed E-state index contributed by atoms with van der Waals surface area (Å²) in [5, 5.41) is 2.76. The number of morpholine rings is 1. The van der Waals surface area contributed by atoms with Gasteiger partial charge in [-0.2, -0.15) is 4.31 Å². The minimum Gasteiger partial charge on any atom is -0.378 e. The van der Waals surface area contributed by atoms with Crippen LogP contribution in [0.15, 0.2) is 54.6 Å². The lowest BCUT2D eigenvalue weighted by molar-refractivity contribution is -0.119. The first-order valence-electron chi connectivity index (χ1n) is 9.54. The number of benzene rings is 2. The molecule has 8 nitrogen and oxygen atoms in total. The number of likely N-dealkylation sites (N-methyl/N-ethyl adjacent to an activating group) is 1. The highest BCUT2D eigenvalue weighted by Gasteiger charge is 2.31. The molecule has 0 aromatic heterocycles. The van der Waals surface area contributed by atoms with Gasteiger partial charge in [-0.1, -0.05) is 42.5 Å². The molecular weight excluding hydrogens is 406 g/mol. The zero-order chi connectivity index (χ0) is 21.7. The first-order valence-corrected chi connectivity index (χ1v) is 11.4. The van der Waals surface area contributed by atoms with Crippen LogP contribution in [-0.2, 0) is 19.6 Å². The van der Waals surface area contributed by atoms with Gasteiger partial charge >= 0.3 is 0 Å². The summed E-state index contributed by atoms with van der Waals surface area (Å²) in [7, 11) is -2.29. The van der Waals surface area contributed by atoms with Crippen molar-refractivity contribution in [3.63, 3.8) is 0 Å². The minimum atomic E-state index is -3.65. The van der Waals surface area contributed by atoms with Crippen molar-refractivity contribution in [2.45, 2.75) is 6.04 Å². The van der Waals surface area contributed by atoms with Gasteiger partial charge in [0.05, 0.1) is 30.7 Å². The van der Waals surface area contributed by atoms with Crippen LogP contribution in [0.2, 0.25) is 0 Å². The summed E-state index contributed by atoms with van der Waals surface area (Å²) < 4.78 is 30.6. The normalized spacial score (nSPS) is 15.6. The number of hydrogen-bond acceptors (Lipinski definition) is 5. The number of rotatable bonds is 6. The first-order chi connectivity index (χ1) is 14.3. The van der Waals surface area contributed by atoms with Crippen molar-refractivity contribution in [1.29, 1.82) is 0 Å². The molecule has 160 valence electrons. The van der Waals surface area contributed by atoms with Gasteiger partial charge in [0.15, 0.2) is 0 Å². The third-order valence-corrected chi connectivity index (χ3v) is 6.22. The van der Waals surface area contributed by atoms with Crippen LogP contribution in [0.25, 0.3) is 0 Å². The Kier molecular flexibility index (Phi) is 6.86. The number of carbonyl (C=O) groups is 2. The zero-order valence-corrected chi connectivity index (χ0v) is 17.8. The molecule has 2 aromatic rings. The smallest absolute Gasteiger partial charge is 0.256 e. The number of sulfonamides is 1. The van der Waals surface area contributed by atoms with E-state index in [1.807, 2.05) is 0 Å². The van der Waals surface area contributed by atoms with Crippen molar-refractivity contribution < 1.29 is 22.7 Å². The topological polar surface area (TPSA) is 96.0 Å². The van der Waals surface area contributed by atoms with Gasteiger partial charge in [-0.3, -0.25) is 9.59 Å². The van der Waals surface area contributed by atoms with Gasteiger partial charge in [0.2, 0.25) is 15.9 Å². The second-order valence-electron chi connectivity index (χ2n) is 7.03. The molecule has 1 atom stereocenters. The predicted molar refractivity (Wildman–Crippen MR) is 114 cm³/mol. The van der Waals surface area contributed by atoms with Crippen molar-refractivity contribution in [2.24, 2.45) is 0 Å². The Balaban J connectivity index is 1.90. The van der Waals surface area contributed by atoms with Crippen LogP contribution < -0.4 is 5.32 Å². The van der Waals surface area contributed by atoms with E-state index >= 15 is 0 Å². The molecule has 1 N–H and O–H groups in total. The average Bonchev–Trinajstić information content (AvgIpc) is 2.74. The number of hydrogen-bond donors (Lipinski definition) is 1. The van der Waals surface area contributed by atoms with E-state index in [2.05, 4.69) is 5.32 Å². The minimum absolute atomic E-state index is 0.207. The van der Waals surface area contributed by atoms with Crippen molar-refractivity contribution in [3.05, 3.63) is 65.7 Å². The summed E-state index contributed by atoms with van der Waals surface area (Å²) >= 11 is 0. The quantitative estimate of drug-likeness (QED) is 0.752. The van der Waals surface area contributed by atoms with E-state index in [1.54, 1.807) is 59.5 Å². The molecule has 1 fully saturated rings. The van der Waals surface area contributed by atoms with E-state index in [1.165, 1.54) is 7.05 Å². The van der Waals surface area contributed by atoms with Crippen LogP contribution in [-0.4, -0.2) is 69.0 Å². The Hall–Kier alpha value is -2.75. The lowest BCUT2D eigenvalue weighted by Gasteiger charge is -2.28. The molecule has 2 aromatic carbocycles. The molecular formula is C21H25N3O5S. The fourth-order valence-electron chi connectivity index (χ4n) is 3.27. The lowest BCUT2D eigenvalue weighted by atomic mass is 10.1. The van der Waals surface area contributed by atoms with Gasteiger partial charge in [0.25, 0.3) is 5.91 Å². The van der Waals surface area contributed by atoms with Gasteiger partial charge in [-0.25, -0.2) is 8.42 Å². The molecule has 0 aliphatic carbocycles. The Morgan fingerprint density at radius 1 is 1.03 bits per heavy atom. The van der Waals surface area contributed by atoms with Gasteiger partial charge in [-0.05, 0) is 17.7 Å². The first kappa shape index (κ1) is 21.9. The van der Waals surface area contributed by atoms with Crippen LogP contribution in [0.3, 0.4) is 0 Å². The maximum Gasteiger partial charge on any atom is 0.256 e. The third kappa shape index (κ3) is 5.05. The molecule has 1 aliphatic heterocycles. The van der Waals surface area contributed by atoms with Crippen molar-refractivity contribution >= 4 is 27.5 Å². The second-order valence-corrected chi connectivity index (χ2v) is 9.07. The number of amides is 2. The Labute approximate surface area is 176 Å². The monoisotopic (exact) mass is 431 g/mol. The summed E-state index contributed by atoms with van der Waals surface area (Å²) in [6.07, 6.45) is 1.05. The Morgan fingerprint density at radius 3 is 2.27 bits per heavy atom. The van der Waals surface area contributed by atoms with Crippen LogP contribution in [0.4, 0.5) is 5.69 Å². The molecule has 1 heterocycles. The highest BCUT2D eigenvalue weighted by molar-refractivity contribution is 7.88. The molecule has 1 aliphatic rings. The molecule has 1 saturated heterocycles. The number of ether oxygens (including phenoxy) is 1. The average molecular weight is 432 g/mol. The van der Waals surface area contributed by atoms with Crippen LogP contribution in [0.5, 0.6) is 0 Å². The maximum atomic E-state index is 13.2. The predicted octanol–water partition coefficient (Wildman–Crippen LogP) is 1.73. The molecule has 9 heteroatoms. The van der Waals surface area contributed by atoms with Crippen molar-refractivity contribution in [1.82, 2.24) is 9.21 Å². The Bertz CT molecular complexity index is 1000. The van der Waals surface area contributed by atoms with E-state index < -0.39 is 22.0 Å². The van der Waals surface area contributed by atoms with Crippen LogP contribution in [0, 0.1) is 0 Å². The van der Waals surface area contributed by atoms with Gasteiger partial charge in [0, 0.05) is 20.1 Å². The summed E-state index contributed by atoms with van der Waals surface area (Å²) in [6.45, 7) is 1.89. The molecule has 30 heavy (non-hydrogen) atoms. The third-order valence-electron chi connectivity index (χ3n) is 4.96. The molecule has 3 rings (SSSR count). The number of para-hydroxylation sites is 1. The fraction of sp³-hybridized carbons (Fsp3) is 0.333. The zero-order valence-electron chi connectivity index (χ0n) is 16.9. The molecule has 1 unspecified atom stereocenters. The largest absolute Gasteiger partial charge is 0.378 e. The fourth-order valence-corrected chi connectivity index (χ4v) is 3.87. The summed E-state index contributed by atoms with van der Waals surface area (Å²) in [6, 6.07) is 14.3.